The van der Waals surface area contributed by atoms with Gasteiger partial charge in [-0.3, -0.25) is 4.57 Å². The maximum absolute atomic E-state index is 12.9. The number of hydrogen-bond acceptors (Lipinski definition) is 4. The molecule has 2 aromatic carbocycles. The molecule has 5 nitrogen and oxygen atoms in total. The monoisotopic (exact) mass is 472 g/mol. The van der Waals surface area contributed by atoms with Gasteiger partial charge in [-0.05, 0) is 80.5 Å². The Morgan fingerprint density at radius 1 is 1.10 bits per heavy atom. The van der Waals surface area contributed by atoms with E-state index in [-0.39, 0.29) is 6.09 Å². The van der Waals surface area contributed by atoms with Crippen molar-refractivity contribution < 1.29 is 14.3 Å². The van der Waals surface area contributed by atoms with E-state index in [0.717, 1.165) is 45.2 Å². The number of benzene rings is 2. The summed E-state index contributed by atoms with van der Waals surface area (Å²) in [5, 5.41) is 0.938. The Balaban J connectivity index is 2.06. The van der Waals surface area contributed by atoms with Crippen LogP contribution in [-0.2, 0) is 17.8 Å². The van der Waals surface area contributed by atoms with E-state index in [1.54, 1.807) is 4.57 Å². The van der Waals surface area contributed by atoms with Gasteiger partial charge in [0.25, 0.3) is 0 Å². The van der Waals surface area contributed by atoms with Crippen LogP contribution in [0.3, 0.4) is 0 Å². The topological polar surface area (TPSA) is 43.7 Å². The second kappa shape index (κ2) is 9.23. The molecule has 160 valence electrons. The molecular formula is C24H29BrN2O3. The van der Waals surface area contributed by atoms with Crippen LogP contribution in [-0.4, -0.2) is 41.8 Å². The number of halogens is 1. The van der Waals surface area contributed by atoms with Crippen molar-refractivity contribution >= 4 is 32.9 Å². The molecule has 0 aliphatic rings. The minimum atomic E-state index is -0.570. The minimum absolute atomic E-state index is 0.389. The number of fused-ring (bicyclic) bond motifs is 1. The summed E-state index contributed by atoms with van der Waals surface area (Å²) >= 11 is 3.64. The molecule has 0 amide bonds. The standard InChI is InChI=1S/C24H29BrN2O3/c1-24(2,3)30-23(28)27-15-18(13-14-26(4)5)21-20(27)12-11-19(25)22(21)29-16-17-9-7-6-8-10-17/h6-12,15H,13-14,16H2,1-5H3. The summed E-state index contributed by atoms with van der Waals surface area (Å²) in [6, 6.07) is 13.9. The Bertz CT molecular complexity index is 1020. The first-order valence-corrected chi connectivity index (χ1v) is 10.8. The fourth-order valence-corrected chi connectivity index (χ4v) is 3.66. The third-order valence-corrected chi connectivity index (χ3v) is 5.22. The number of aromatic nitrogens is 1. The molecule has 0 radical (unpaired) electrons. The smallest absolute Gasteiger partial charge is 0.419 e. The molecular weight excluding hydrogens is 444 g/mol. The highest BCUT2D eigenvalue weighted by Gasteiger charge is 2.23. The highest BCUT2D eigenvalue weighted by molar-refractivity contribution is 9.10. The van der Waals surface area contributed by atoms with Gasteiger partial charge in [0.1, 0.15) is 18.0 Å². The quantitative estimate of drug-likeness (QED) is 0.449. The molecule has 30 heavy (non-hydrogen) atoms. The van der Waals surface area contributed by atoms with Crippen molar-refractivity contribution in [2.24, 2.45) is 0 Å². The fourth-order valence-electron chi connectivity index (χ4n) is 3.21. The van der Waals surface area contributed by atoms with E-state index >= 15 is 0 Å². The van der Waals surface area contributed by atoms with Crippen LogP contribution in [0.4, 0.5) is 4.79 Å². The lowest BCUT2D eigenvalue weighted by Gasteiger charge is -2.20. The van der Waals surface area contributed by atoms with Crippen LogP contribution in [0.5, 0.6) is 5.75 Å². The normalized spacial score (nSPS) is 11.8. The van der Waals surface area contributed by atoms with E-state index in [4.69, 9.17) is 9.47 Å². The predicted octanol–water partition coefficient (Wildman–Crippen LogP) is 5.87. The third kappa shape index (κ3) is 5.43. The van der Waals surface area contributed by atoms with Gasteiger partial charge in [-0.25, -0.2) is 4.79 Å². The van der Waals surface area contributed by atoms with E-state index in [1.165, 1.54) is 0 Å². The zero-order chi connectivity index (χ0) is 21.9. The first-order chi connectivity index (χ1) is 14.2. The highest BCUT2D eigenvalue weighted by Crippen LogP contribution is 2.38. The summed E-state index contributed by atoms with van der Waals surface area (Å²) < 4.78 is 14.3. The van der Waals surface area contributed by atoms with Gasteiger partial charge in [-0.2, -0.15) is 0 Å². The zero-order valence-electron chi connectivity index (χ0n) is 18.2. The molecule has 6 heteroatoms. The summed E-state index contributed by atoms with van der Waals surface area (Å²) in [6.45, 7) is 6.92. The first-order valence-electron chi connectivity index (χ1n) is 10.0. The number of nitrogens with zero attached hydrogens (tertiary/aromatic N) is 2. The van der Waals surface area contributed by atoms with Gasteiger partial charge >= 0.3 is 6.09 Å². The molecule has 0 spiro atoms. The Kier molecular flexibility index (Phi) is 6.88. The summed E-state index contributed by atoms with van der Waals surface area (Å²) in [5.41, 5.74) is 2.35. The molecule has 3 rings (SSSR count). The number of likely N-dealkylation sites (N-methyl/N-ethyl adjacent to an activating group) is 1. The first kappa shape index (κ1) is 22.4. The number of ether oxygens (including phenoxy) is 2. The number of carbonyl (C=O) groups is 1. The van der Waals surface area contributed by atoms with Crippen LogP contribution in [0.2, 0.25) is 0 Å². The lowest BCUT2D eigenvalue weighted by atomic mass is 10.1. The molecule has 1 aromatic heterocycles. The molecule has 0 fully saturated rings. The van der Waals surface area contributed by atoms with Crippen molar-refractivity contribution in [3.63, 3.8) is 0 Å². The molecule has 0 saturated carbocycles. The number of hydrogen-bond donors (Lipinski definition) is 0. The fraction of sp³-hybridized carbons (Fsp3) is 0.375. The zero-order valence-corrected chi connectivity index (χ0v) is 19.8. The van der Waals surface area contributed by atoms with Gasteiger partial charge < -0.3 is 14.4 Å². The summed E-state index contributed by atoms with van der Waals surface area (Å²) in [4.78, 5) is 15.0. The molecule has 0 N–H and O–H groups in total. The molecule has 0 aliphatic heterocycles. The van der Waals surface area contributed by atoms with Crippen LogP contribution in [0.25, 0.3) is 10.9 Å². The average molecular weight is 473 g/mol. The maximum atomic E-state index is 12.9. The van der Waals surface area contributed by atoms with Gasteiger partial charge in [0.05, 0.1) is 9.99 Å². The largest absolute Gasteiger partial charge is 0.487 e. The minimum Gasteiger partial charge on any atom is -0.487 e. The number of carbonyl (C=O) groups excluding carboxylic acids is 1. The summed E-state index contributed by atoms with van der Waals surface area (Å²) in [6.07, 6.45) is 2.28. The van der Waals surface area contributed by atoms with Crippen LogP contribution in [0, 0.1) is 0 Å². The van der Waals surface area contributed by atoms with Crippen LogP contribution in [0.1, 0.15) is 31.9 Å². The third-order valence-electron chi connectivity index (χ3n) is 4.60. The average Bonchev–Trinajstić information content (AvgIpc) is 3.04. The van der Waals surface area contributed by atoms with E-state index in [9.17, 15) is 4.79 Å². The molecule has 0 unspecified atom stereocenters. The molecule has 0 atom stereocenters. The van der Waals surface area contributed by atoms with Crippen LogP contribution in [0.15, 0.2) is 53.1 Å². The van der Waals surface area contributed by atoms with Crippen molar-refractivity contribution in [1.29, 1.82) is 0 Å². The van der Waals surface area contributed by atoms with Gasteiger partial charge in [-0.1, -0.05) is 30.3 Å². The lowest BCUT2D eigenvalue weighted by molar-refractivity contribution is 0.0544. The van der Waals surface area contributed by atoms with Crippen LogP contribution >= 0.6 is 15.9 Å². The Labute approximate surface area is 186 Å². The Morgan fingerprint density at radius 2 is 1.80 bits per heavy atom. The second-order valence-corrected chi connectivity index (χ2v) is 9.46. The molecule has 0 aliphatic carbocycles. The van der Waals surface area contributed by atoms with Crippen molar-refractivity contribution in [2.45, 2.75) is 39.4 Å². The van der Waals surface area contributed by atoms with Crippen molar-refractivity contribution in [2.75, 3.05) is 20.6 Å². The van der Waals surface area contributed by atoms with E-state index in [1.807, 2.05) is 83.5 Å². The molecule has 0 bridgehead atoms. The van der Waals surface area contributed by atoms with Crippen molar-refractivity contribution in [3.8, 4) is 5.75 Å². The highest BCUT2D eigenvalue weighted by atomic mass is 79.9. The number of rotatable bonds is 6. The van der Waals surface area contributed by atoms with Gasteiger partial charge in [-0.15, -0.1) is 0 Å². The van der Waals surface area contributed by atoms with Crippen LogP contribution < -0.4 is 4.74 Å². The van der Waals surface area contributed by atoms with E-state index in [2.05, 4.69) is 20.8 Å². The lowest BCUT2D eigenvalue weighted by Crippen LogP contribution is -2.26. The van der Waals surface area contributed by atoms with Crippen molar-refractivity contribution in [1.82, 2.24) is 9.47 Å². The van der Waals surface area contributed by atoms with Gasteiger partial charge in [0, 0.05) is 18.1 Å². The molecule has 1 heterocycles. The van der Waals surface area contributed by atoms with E-state index in [0.29, 0.717) is 6.61 Å². The Hall–Kier alpha value is -2.31. The van der Waals surface area contributed by atoms with Gasteiger partial charge in [0.15, 0.2) is 0 Å². The second-order valence-electron chi connectivity index (χ2n) is 8.60. The van der Waals surface area contributed by atoms with Gasteiger partial charge in [0.2, 0.25) is 0 Å². The molecule has 0 saturated heterocycles. The van der Waals surface area contributed by atoms with Crippen molar-refractivity contribution in [3.05, 3.63) is 64.3 Å². The summed E-state index contributed by atoms with van der Waals surface area (Å²) in [5.74, 6) is 0.743. The molecule has 3 aromatic rings. The summed E-state index contributed by atoms with van der Waals surface area (Å²) in [7, 11) is 4.07. The van der Waals surface area contributed by atoms with E-state index < -0.39 is 5.60 Å². The Morgan fingerprint density at radius 3 is 2.43 bits per heavy atom. The maximum Gasteiger partial charge on any atom is 0.419 e. The SMILES string of the molecule is CN(C)CCc1cn(C(=O)OC(C)(C)C)c2ccc(Br)c(OCc3ccccc3)c12. The predicted molar refractivity (Wildman–Crippen MR) is 124 cm³/mol.